The molecule has 3 aromatic rings. The summed E-state index contributed by atoms with van der Waals surface area (Å²) in [5.74, 6) is 0.395. The van der Waals surface area contributed by atoms with E-state index in [9.17, 15) is 4.79 Å². The second-order valence-corrected chi connectivity index (χ2v) is 10.2. The van der Waals surface area contributed by atoms with Gasteiger partial charge in [-0.15, -0.1) is 22.7 Å². The number of carbonyl (C=O) groups is 1. The van der Waals surface area contributed by atoms with E-state index < -0.39 is 0 Å². The zero-order chi connectivity index (χ0) is 23.9. The van der Waals surface area contributed by atoms with Crippen molar-refractivity contribution in [2.75, 3.05) is 37.7 Å². The number of thiophene rings is 1. The largest absolute Gasteiger partial charge is 0.385 e. The SMILES string of the molecule is CCN(CC)c1ccc(-c2csc(C3CCN(C(=O)CO/N=C(/C)c4cccs4)CC3)n2)cc1. The fourth-order valence-electron chi connectivity index (χ4n) is 4.22. The lowest BCUT2D eigenvalue weighted by molar-refractivity contribution is -0.137. The zero-order valence-corrected chi connectivity index (χ0v) is 21.7. The molecule has 0 aliphatic carbocycles. The Balaban J connectivity index is 1.27. The molecule has 0 bridgehead atoms. The summed E-state index contributed by atoms with van der Waals surface area (Å²) in [7, 11) is 0. The molecule has 1 aliphatic heterocycles. The lowest BCUT2D eigenvalue weighted by Crippen LogP contribution is -2.39. The minimum absolute atomic E-state index is 0.00528. The molecule has 0 saturated carbocycles. The standard InChI is InChI=1S/C26H32N4O2S2/c1-4-29(5-2)22-10-8-20(9-11-22)23-18-34-26(27-23)21-12-14-30(15-13-21)25(31)17-32-28-19(3)24-7-6-16-33-24/h6-11,16,18,21H,4-5,12-15,17H2,1-3H3/b28-19-. The number of thiazole rings is 1. The first-order valence-corrected chi connectivity index (χ1v) is 13.6. The molecule has 1 saturated heterocycles. The van der Waals surface area contributed by atoms with Crippen molar-refractivity contribution in [2.45, 2.75) is 39.5 Å². The van der Waals surface area contributed by atoms with Crippen LogP contribution in [0.4, 0.5) is 5.69 Å². The molecule has 2 aromatic heterocycles. The Morgan fingerprint density at radius 2 is 1.88 bits per heavy atom. The van der Waals surface area contributed by atoms with Crippen molar-refractivity contribution in [1.29, 1.82) is 0 Å². The van der Waals surface area contributed by atoms with Crippen molar-refractivity contribution in [2.24, 2.45) is 5.16 Å². The number of rotatable bonds is 9. The fraction of sp³-hybridized carbons (Fsp3) is 0.423. The normalized spacial score (nSPS) is 14.9. The summed E-state index contributed by atoms with van der Waals surface area (Å²) in [5, 5.41) is 9.41. The molecule has 34 heavy (non-hydrogen) atoms. The second kappa shape index (κ2) is 11.6. The molecule has 0 spiro atoms. The summed E-state index contributed by atoms with van der Waals surface area (Å²) < 4.78 is 0. The fourth-order valence-corrected chi connectivity index (χ4v) is 5.89. The molecule has 3 heterocycles. The predicted molar refractivity (Wildman–Crippen MR) is 142 cm³/mol. The molecule has 1 fully saturated rings. The first-order valence-electron chi connectivity index (χ1n) is 11.9. The number of carbonyl (C=O) groups excluding carboxylic acids is 1. The van der Waals surface area contributed by atoms with E-state index in [1.165, 1.54) is 10.7 Å². The lowest BCUT2D eigenvalue weighted by Gasteiger charge is -2.30. The minimum Gasteiger partial charge on any atom is -0.385 e. The number of amides is 1. The number of nitrogens with zero attached hydrogens (tertiary/aromatic N) is 4. The summed E-state index contributed by atoms with van der Waals surface area (Å²) in [4.78, 5) is 28.1. The Bertz CT molecular complexity index is 1080. The van der Waals surface area contributed by atoms with Crippen LogP contribution >= 0.6 is 22.7 Å². The van der Waals surface area contributed by atoms with E-state index in [2.05, 4.69) is 53.5 Å². The van der Waals surface area contributed by atoms with Crippen LogP contribution in [0.3, 0.4) is 0 Å². The van der Waals surface area contributed by atoms with Crippen molar-refractivity contribution in [3.05, 3.63) is 57.0 Å². The van der Waals surface area contributed by atoms with Gasteiger partial charge in [0.05, 0.1) is 21.3 Å². The first kappa shape index (κ1) is 24.4. The van der Waals surface area contributed by atoms with Gasteiger partial charge in [-0.05, 0) is 57.2 Å². The molecule has 0 radical (unpaired) electrons. The van der Waals surface area contributed by atoms with Crippen molar-refractivity contribution < 1.29 is 9.63 Å². The van der Waals surface area contributed by atoms with Crippen LogP contribution in [0.1, 0.15) is 49.4 Å². The average Bonchev–Trinajstić information content (AvgIpc) is 3.58. The van der Waals surface area contributed by atoms with E-state index in [-0.39, 0.29) is 12.5 Å². The van der Waals surface area contributed by atoms with Crippen LogP contribution in [0.25, 0.3) is 11.3 Å². The molecule has 0 atom stereocenters. The quantitative estimate of drug-likeness (QED) is 0.275. The summed E-state index contributed by atoms with van der Waals surface area (Å²) in [6.07, 6.45) is 1.86. The van der Waals surface area contributed by atoms with Gasteiger partial charge in [-0.2, -0.15) is 0 Å². The molecule has 1 amide bonds. The first-order chi connectivity index (χ1) is 16.6. The van der Waals surface area contributed by atoms with Crippen LogP contribution in [0, 0.1) is 0 Å². The molecular formula is C26H32N4O2S2. The van der Waals surface area contributed by atoms with Gasteiger partial charge in [0, 0.05) is 48.7 Å². The number of benzene rings is 1. The monoisotopic (exact) mass is 496 g/mol. The van der Waals surface area contributed by atoms with Crippen LogP contribution in [0.5, 0.6) is 0 Å². The molecule has 6 nitrogen and oxygen atoms in total. The molecule has 0 N–H and O–H groups in total. The predicted octanol–water partition coefficient (Wildman–Crippen LogP) is 5.86. The number of hydrogen-bond acceptors (Lipinski definition) is 7. The number of likely N-dealkylation sites (tertiary alicyclic amines) is 1. The second-order valence-electron chi connectivity index (χ2n) is 8.37. The van der Waals surface area contributed by atoms with Gasteiger partial charge in [-0.25, -0.2) is 4.98 Å². The molecule has 0 unspecified atom stereocenters. The highest BCUT2D eigenvalue weighted by molar-refractivity contribution is 7.12. The number of piperidine rings is 1. The molecule has 4 rings (SSSR count). The van der Waals surface area contributed by atoms with E-state index in [1.54, 1.807) is 22.7 Å². The van der Waals surface area contributed by atoms with Crippen LogP contribution in [-0.2, 0) is 9.63 Å². The van der Waals surface area contributed by atoms with Gasteiger partial charge in [-0.1, -0.05) is 23.4 Å². The van der Waals surface area contributed by atoms with Crippen LogP contribution in [-0.4, -0.2) is 54.3 Å². The lowest BCUT2D eigenvalue weighted by atomic mass is 9.97. The third kappa shape index (κ3) is 5.85. The maximum absolute atomic E-state index is 12.5. The molecule has 8 heteroatoms. The van der Waals surface area contributed by atoms with Gasteiger partial charge in [-0.3, -0.25) is 4.79 Å². The van der Waals surface area contributed by atoms with Crippen molar-refractivity contribution in [3.63, 3.8) is 0 Å². The van der Waals surface area contributed by atoms with E-state index in [0.717, 1.165) is 60.9 Å². The highest BCUT2D eigenvalue weighted by atomic mass is 32.1. The summed E-state index contributed by atoms with van der Waals surface area (Å²) >= 11 is 3.34. The smallest absolute Gasteiger partial charge is 0.263 e. The Kier molecular flexibility index (Phi) is 8.34. The topological polar surface area (TPSA) is 58.0 Å². The molecule has 1 aliphatic rings. The third-order valence-corrected chi connectivity index (χ3v) is 8.26. The average molecular weight is 497 g/mol. The van der Waals surface area contributed by atoms with Gasteiger partial charge >= 0.3 is 0 Å². The van der Waals surface area contributed by atoms with Crippen molar-refractivity contribution in [1.82, 2.24) is 9.88 Å². The van der Waals surface area contributed by atoms with Gasteiger partial charge < -0.3 is 14.6 Å². The van der Waals surface area contributed by atoms with Gasteiger partial charge in [0.2, 0.25) is 0 Å². The summed E-state index contributed by atoms with van der Waals surface area (Å²) in [5.41, 5.74) is 4.24. The molecule has 1 aromatic carbocycles. The maximum Gasteiger partial charge on any atom is 0.263 e. The Hall–Kier alpha value is -2.71. The highest BCUT2D eigenvalue weighted by Gasteiger charge is 2.26. The van der Waals surface area contributed by atoms with Gasteiger partial charge in [0.25, 0.3) is 5.91 Å². The number of aromatic nitrogens is 1. The van der Waals surface area contributed by atoms with Gasteiger partial charge in [0.1, 0.15) is 0 Å². The van der Waals surface area contributed by atoms with Crippen LogP contribution in [0.15, 0.2) is 52.3 Å². The van der Waals surface area contributed by atoms with Crippen molar-refractivity contribution in [3.8, 4) is 11.3 Å². The Morgan fingerprint density at radius 3 is 2.53 bits per heavy atom. The van der Waals surface area contributed by atoms with E-state index in [4.69, 9.17) is 9.82 Å². The highest BCUT2D eigenvalue weighted by Crippen LogP contribution is 2.33. The maximum atomic E-state index is 12.5. The Morgan fingerprint density at radius 1 is 1.15 bits per heavy atom. The Labute approximate surface area is 209 Å². The van der Waals surface area contributed by atoms with E-state index in [1.807, 2.05) is 29.3 Å². The van der Waals surface area contributed by atoms with Crippen molar-refractivity contribution >= 4 is 40.0 Å². The number of hydrogen-bond donors (Lipinski definition) is 0. The molecule has 180 valence electrons. The van der Waals surface area contributed by atoms with E-state index >= 15 is 0 Å². The minimum atomic E-state index is -0.0156. The summed E-state index contributed by atoms with van der Waals surface area (Å²) in [6.45, 7) is 9.70. The zero-order valence-electron chi connectivity index (χ0n) is 20.1. The van der Waals surface area contributed by atoms with Crippen LogP contribution < -0.4 is 4.90 Å². The van der Waals surface area contributed by atoms with E-state index in [0.29, 0.717) is 5.92 Å². The van der Waals surface area contributed by atoms with Gasteiger partial charge in [0.15, 0.2) is 6.61 Å². The third-order valence-electron chi connectivity index (χ3n) is 6.28. The summed E-state index contributed by atoms with van der Waals surface area (Å²) in [6, 6.07) is 12.7. The molecular weight excluding hydrogens is 464 g/mol. The number of anilines is 1. The number of oxime groups is 1. The van der Waals surface area contributed by atoms with Crippen LogP contribution in [0.2, 0.25) is 0 Å².